The van der Waals surface area contributed by atoms with Gasteiger partial charge in [-0.25, -0.2) is 0 Å². The molecule has 106 valence electrons. The molecule has 0 saturated heterocycles. The number of nitrogens with two attached hydrogens (primary N) is 1. The van der Waals surface area contributed by atoms with Crippen molar-refractivity contribution in [2.45, 2.75) is 25.7 Å². The third-order valence-corrected chi connectivity index (χ3v) is 3.05. The van der Waals surface area contributed by atoms with E-state index in [1.807, 2.05) is 18.2 Å². The molecule has 0 spiro atoms. The van der Waals surface area contributed by atoms with Gasteiger partial charge in [-0.1, -0.05) is 18.2 Å². The minimum absolute atomic E-state index is 0.113. The predicted molar refractivity (Wildman–Crippen MR) is 80.2 cm³/mol. The maximum absolute atomic E-state index is 11.3. The molecule has 1 amide bonds. The van der Waals surface area contributed by atoms with Gasteiger partial charge < -0.3 is 16.0 Å². The van der Waals surface area contributed by atoms with Crippen molar-refractivity contribution in [3.8, 4) is 0 Å². The van der Waals surface area contributed by atoms with E-state index in [-0.39, 0.29) is 5.91 Å². The molecular formula is C15H25N3O. The molecule has 0 unspecified atom stereocenters. The van der Waals surface area contributed by atoms with Crippen molar-refractivity contribution in [3.63, 3.8) is 0 Å². The van der Waals surface area contributed by atoms with E-state index in [0.717, 1.165) is 32.4 Å². The molecule has 4 nitrogen and oxygen atoms in total. The SMILES string of the molecule is CN(CCCCNC(=O)CCCN)c1ccccc1. The van der Waals surface area contributed by atoms with Crippen LogP contribution in [0.5, 0.6) is 0 Å². The number of hydrogen-bond donors (Lipinski definition) is 2. The molecule has 0 atom stereocenters. The van der Waals surface area contributed by atoms with E-state index in [1.165, 1.54) is 5.69 Å². The average Bonchev–Trinajstić information content (AvgIpc) is 2.45. The van der Waals surface area contributed by atoms with Crippen LogP contribution in [0.25, 0.3) is 0 Å². The number of carbonyl (C=O) groups excluding carboxylic acids is 1. The Labute approximate surface area is 116 Å². The smallest absolute Gasteiger partial charge is 0.220 e. The Kier molecular flexibility index (Phi) is 7.66. The van der Waals surface area contributed by atoms with Crippen LogP contribution in [0.15, 0.2) is 30.3 Å². The Morgan fingerprint density at radius 1 is 1.21 bits per heavy atom. The molecular weight excluding hydrogens is 238 g/mol. The molecule has 1 rings (SSSR count). The number of carbonyl (C=O) groups is 1. The number of para-hydroxylation sites is 1. The molecule has 0 heterocycles. The van der Waals surface area contributed by atoms with Crippen LogP contribution >= 0.6 is 0 Å². The summed E-state index contributed by atoms with van der Waals surface area (Å²) < 4.78 is 0. The van der Waals surface area contributed by atoms with Crippen LogP contribution in [0.3, 0.4) is 0 Å². The van der Waals surface area contributed by atoms with Gasteiger partial charge in [0.05, 0.1) is 0 Å². The Bertz CT molecular complexity index is 354. The van der Waals surface area contributed by atoms with Crippen LogP contribution in [-0.2, 0) is 4.79 Å². The van der Waals surface area contributed by atoms with E-state index >= 15 is 0 Å². The molecule has 0 saturated carbocycles. The standard InChI is InChI=1S/C15H25N3O/c1-18(14-8-3-2-4-9-14)13-6-5-12-17-15(19)10-7-11-16/h2-4,8-9H,5-7,10-13,16H2,1H3,(H,17,19). The molecule has 19 heavy (non-hydrogen) atoms. The van der Waals surface area contributed by atoms with Crippen molar-refractivity contribution in [2.24, 2.45) is 5.73 Å². The summed E-state index contributed by atoms with van der Waals surface area (Å²) in [5, 5.41) is 2.92. The Balaban J connectivity index is 2.06. The maximum atomic E-state index is 11.3. The quantitative estimate of drug-likeness (QED) is 0.667. The normalized spacial score (nSPS) is 10.2. The van der Waals surface area contributed by atoms with E-state index in [2.05, 4.69) is 29.4 Å². The first-order valence-electron chi connectivity index (χ1n) is 6.97. The van der Waals surface area contributed by atoms with Gasteiger partial charge in [-0.2, -0.15) is 0 Å². The van der Waals surface area contributed by atoms with E-state index < -0.39 is 0 Å². The van der Waals surface area contributed by atoms with Crippen molar-refractivity contribution in [2.75, 3.05) is 31.6 Å². The minimum Gasteiger partial charge on any atom is -0.375 e. The lowest BCUT2D eigenvalue weighted by molar-refractivity contribution is -0.121. The summed E-state index contributed by atoms with van der Waals surface area (Å²) in [6.07, 6.45) is 3.39. The fraction of sp³-hybridized carbons (Fsp3) is 0.533. The maximum Gasteiger partial charge on any atom is 0.220 e. The molecule has 3 N–H and O–H groups in total. The summed E-state index contributed by atoms with van der Waals surface area (Å²) in [4.78, 5) is 13.6. The van der Waals surface area contributed by atoms with Crippen LogP contribution in [0.1, 0.15) is 25.7 Å². The van der Waals surface area contributed by atoms with Crippen LogP contribution in [-0.4, -0.2) is 32.6 Å². The van der Waals surface area contributed by atoms with Crippen LogP contribution in [0, 0.1) is 0 Å². The zero-order valence-electron chi connectivity index (χ0n) is 11.8. The summed E-state index contributed by atoms with van der Waals surface area (Å²) in [6, 6.07) is 10.3. The lowest BCUT2D eigenvalue weighted by Gasteiger charge is -2.19. The Morgan fingerprint density at radius 2 is 1.95 bits per heavy atom. The lowest BCUT2D eigenvalue weighted by Crippen LogP contribution is -2.26. The molecule has 0 radical (unpaired) electrons. The van der Waals surface area contributed by atoms with E-state index in [1.54, 1.807) is 0 Å². The van der Waals surface area contributed by atoms with Crippen LogP contribution < -0.4 is 16.0 Å². The van der Waals surface area contributed by atoms with E-state index in [9.17, 15) is 4.79 Å². The van der Waals surface area contributed by atoms with Gasteiger partial charge in [-0.05, 0) is 37.9 Å². The summed E-state index contributed by atoms with van der Waals surface area (Å²) >= 11 is 0. The highest BCUT2D eigenvalue weighted by molar-refractivity contribution is 5.75. The number of hydrogen-bond acceptors (Lipinski definition) is 3. The third kappa shape index (κ3) is 6.82. The summed E-state index contributed by atoms with van der Waals surface area (Å²) in [6.45, 7) is 2.34. The number of nitrogens with one attached hydrogen (secondary N) is 1. The van der Waals surface area contributed by atoms with Gasteiger partial charge >= 0.3 is 0 Å². The zero-order valence-corrected chi connectivity index (χ0v) is 11.8. The van der Waals surface area contributed by atoms with Gasteiger partial charge in [0.15, 0.2) is 0 Å². The number of unbranched alkanes of at least 4 members (excludes halogenated alkanes) is 1. The second-order valence-electron chi connectivity index (χ2n) is 4.71. The highest BCUT2D eigenvalue weighted by atomic mass is 16.1. The number of amides is 1. The van der Waals surface area contributed by atoms with Gasteiger partial charge in [0.25, 0.3) is 0 Å². The molecule has 0 aliphatic rings. The highest BCUT2D eigenvalue weighted by Gasteiger charge is 2.01. The molecule has 4 heteroatoms. The number of nitrogens with zero attached hydrogens (tertiary/aromatic N) is 1. The zero-order chi connectivity index (χ0) is 13.9. The topological polar surface area (TPSA) is 58.4 Å². The van der Waals surface area contributed by atoms with Gasteiger partial charge in [0.2, 0.25) is 5.91 Å². The Morgan fingerprint density at radius 3 is 2.63 bits per heavy atom. The number of anilines is 1. The van der Waals surface area contributed by atoms with E-state index in [0.29, 0.717) is 13.0 Å². The molecule has 0 aliphatic heterocycles. The van der Waals surface area contributed by atoms with Crippen LogP contribution in [0.2, 0.25) is 0 Å². The third-order valence-electron chi connectivity index (χ3n) is 3.05. The first kappa shape index (κ1) is 15.5. The van der Waals surface area contributed by atoms with Crippen LogP contribution in [0.4, 0.5) is 5.69 Å². The molecule has 1 aromatic rings. The second-order valence-corrected chi connectivity index (χ2v) is 4.71. The first-order valence-corrected chi connectivity index (χ1v) is 6.97. The molecule has 0 aliphatic carbocycles. The monoisotopic (exact) mass is 263 g/mol. The van der Waals surface area contributed by atoms with Gasteiger partial charge in [-0.15, -0.1) is 0 Å². The minimum atomic E-state index is 0.113. The summed E-state index contributed by atoms with van der Waals surface area (Å²) in [7, 11) is 2.09. The number of benzene rings is 1. The van der Waals surface area contributed by atoms with Gasteiger partial charge in [-0.3, -0.25) is 4.79 Å². The molecule has 1 aromatic carbocycles. The molecule has 0 fully saturated rings. The Hall–Kier alpha value is -1.55. The summed E-state index contributed by atoms with van der Waals surface area (Å²) in [5.41, 5.74) is 6.59. The van der Waals surface area contributed by atoms with Gasteiger partial charge in [0.1, 0.15) is 0 Å². The predicted octanol–water partition coefficient (Wildman–Crippen LogP) is 1.76. The lowest BCUT2D eigenvalue weighted by atomic mass is 10.2. The highest BCUT2D eigenvalue weighted by Crippen LogP contribution is 2.11. The largest absolute Gasteiger partial charge is 0.375 e. The van der Waals surface area contributed by atoms with Crippen molar-refractivity contribution < 1.29 is 4.79 Å². The van der Waals surface area contributed by atoms with Gasteiger partial charge in [0, 0.05) is 32.2 Å². The molecule has 0 bridgehead atoms. The van der Waals surface area contributed by atoms with Crippen molar-refractivity contribution in [1.29, 1.82) is 0 Å². The average molecular weight is 263 g/mol. The van der Waals surface area contributed by atoms with Crippen molar-refractivity contribution >= 4 is 11.6 Å². The fourth-order valence-electron chi connectivity index (χ4n) is 1.86. The summed E-state index contributed by atoms with van der Waals surface area (Å²) in [5.74, 6) is 0.113. The van der Waals surface area contributed by atoms with E-state index in [4.69, 9.17) is 5.73 Å². The first-order chi connectivity index (χ1) is 9.24. The second kappa shape index (κ2) is 9.39. The van der Waals surface area contributed by atoms with Crippen molar-refractivity contribution in [1.82, 2.24) is 5.32 Å². The molecule has 0 aromatic heterocycles. The van der Waals surface area contributed by atoms with Crippen molar-refractivity contribution in [3.05, 3.63) is 30.3 Å². The fourth-order valence-corrected chi connectivity index (χ4v) is 1.86. The number of rotatable bonds is 9.